The Labute approximate surface area is 136 Å². The van der Waals surface area contributed by atoms with Gasteiger partial charge in [0.2, 0.25) is 11.8 Å². The van der Waals surface area contributed by atoms with Crippen LogP contribution in [0.15, 0.2) is 42.9 Å². The van der Waals surface area contributed by atoms with Crippen molar-refractivity contribution in [1.82, 2.24) is 9.55 Å². The van der Waals surface area contributed by atoms with E-state index in [9.17, 15) is 4.79 Å². The molecule has 0 spiro atoms. The van der Waals surface area contributed by atoms with Crippen LogP contribution in [-0.2, 0) is 10.3 Å². The summed E-state index contributed by atoms with van der Waals surface area (Å²) >= 11 is 0. The summed E-state index contributed by atoms with van der Waals surface area (Å²) < 4.78 is 7.42. The van der Waals surface area contributed by atoms with Crippen LogP contribution in [0.5, 0.6) is 5.88 Å². The fraction of sp³-hybridized carbons (Fsp3) is 0.444. The first-order valence-electron chi connectivity index (χ1n) is 8.16. The lowest BCUT2D eigenvalue weighted by Gasteiger charge is -2.38. The highest BCUT2D eigenvalue weighted by Crippen LogP contribution is 2.38. The minimum Gasteiger partial charge on any atom is -0.480 e. The van der Waals surface area contributed by atoms with Gasteiger partial charge >= 0.3 is 0 Å². The average molecular weight is 313 g/mol. The summed E-state index contributed by atoms with van der Waals surface area (Å²) in [6.45, 7) is 0. The third-order valence-corrected chi connectivity index (χ3v) is 4.66. The van der Waals surface area contributed by atoms with Crippen LogP contribution >= 0.6 is 0 Å². The van der Waals surface area contributed by atoms with Crippen LogP contribution in [0.1, 0.15) is 38.5 Å². The maximum atomic E-state index is 12.6. The molecule has 1 N–H and O–H groups in total. The number of hydrogen-bond acceptors (Lipinski definition) is 3. The van der Waals surface area contributed by atoms with Gasteiger partial charge in [-0.1, -0.05) is 19.3 Å². The smallest absolute Gasteiger partial charge is 0.237 e. The third-order valence-electron chi connectivity index (χ3n) is 4.66. The van der Waals surface area contributed by atoms with Crippen molar-refractivity contribution < 1.29 is 9.53 Å². The summed E-state index contributed by atoms with van der Waals surface area (Å²) in [5.41, 5.74) is 0.514. The van der Waals surface area contributed by atoms with Crippen molar-refractivity contribution in [1.29, 1.82) is 0 Å². The zero-order valence-corrected chi connectivity index (χ0v) is 13.5. The van der Waals surface area contributed by atoms with Crippen LogP contribution in [0.2, 0.25) is 0 Å². The Morgan fingerprint density at radius 2 is 2.00 bits per heavy atom. The van der Waals surface area contributed by atoms with E-state index >= 15 is 0 Å². The fourth-order valence-electron chi connectivity index (χ4n) is 3.53. The summed E-state index contributed by atoms with van der Waals surface area (Å²) in [6, 6.07) is 7.66. The monoisotopic (exact) mass is 313 g/mol. The van der Waals surface area contributed by atoms with Crippen LogP contribution < -0.4 is 10.1 Å². The number of carbonyl (C=O) groups is 1. The van der Waals surface area contributed by atoms with Crippen molar-refractivity contribution in [3.05, 3.63) is 42.9 Å². The topological polar surface area (TPSA) is 56.1 Å². The van der Waals surface area contributed by atoms with Gasteiger partial charge in [-0.2, -0.15) is 0 Å². The molecular weight excluding hydrogens is 290 g/mol. The van der Waals surface area contributed by atoms with Crippen molar-refractivity contribution in [2.45, 2.75) is 44.1 Å². The SMILES string of the molecule is COc1ncccc1NC(=O)CC1(n2cccc2)CCCCC1. The van der Waals surface area contributed by atoms with Crippen molar-refractivity contribution in [3.8, 4) is 5.88 Å². The summed E-state index contributed by atoms with van der Waals surface area (Å²) in [7, 11) is 1.56. The number of nitrogens with one attached hydrogen (secondary N) is 1. The first-order chi connectivity index (χ1) is 11.2. The molecule has 0 aromatic carbocycles. The number of aromatic nitrogens is 2. The maximum Gasteiger partial charge on any atom is 0.237 e. The van der Waals surface area contributed by atoms with Crippen molar-refractivity contribution >= 4 is 11.6 Å². The molecule has 1 aliphatic carbocycles. The largest absolute Gasteiger partial charge is 0.480 e. The van der Waals surface area contributed by atoms with Gasteiger partial charge in [0.1, 0.15) is 5.69 Å². The molecule has 0 aliphatic heterocycles. The van der Waals surface area contributed by atoms with Crippen LogP contribution in [0, 0.1) is 0 Å². The number of rotatable bonds is 5. The molecule has 0 unspecified atom stereocenters. The molecular formula is C18H23N3O2. The zero-order valence-electron chi connectivity index (χ0n) is 13.5. The molecule has 5 nitrogen and oxygen atoms in total. The Kier molecular flexibility index (Phi) is 4.65. The van der Waals surface area contributed by atoms with E-state index in [1.807, 2.05) is 18.2 Å². The molecule has 1 fully saturated rings. The van der Waals surface area contributed by atoms with Crippen LogP contribution in [-0.4, -0.2) is 22.6 Å². The first-order valence-corrected chi connectivity index (χ1v) is 8.16. The van der Waals surface area contributed by atoms with Gasteiger partial charge in [0.05, 0.1) is 19.1 Å². The molecule has 0 radical (unpaired) electrons. The highest BCUT2D eigenvalue weighted by molar-refractivity contribution is 5.92. The van der Waals surface area contributed by atoms with E-state index in [4.69, 9.17) is 4.74 Å². The third kappa shape index (κ3) is 3.38. The zero-order chi connectivity index (χ0) is 16.1. The Bertz CT molecular complexity index is 646. The number of carbonyl (C=O) groups excluding carboxylic acids is 1. The highest BCUT2D eigenvalue weighted by atomic mass is 16.5. The minimum atomic E-state index is -0.110. The van der Waals surface area contributed by atoms with Crippen molar-refractivity contribution in [2.24, 2.45) is 0 Å². The maximum absolute atomic E-state index is 12.6. The van der Waals surface area contributed by atoms with Gasteiger partial charge < -0.3 is 14.6 Å². The summed E-state index contributed by atoms with van der Waals surface area (Å²) in [4.78, 5) is 16.8. The highest BCUT2D eigenvalue weighted by Gasteiger charge is 2.35. The molecule has 0 atom stereocenters. The van der Waals surface area contributed by atoms with E-state index < -0.39 is 0 Å². The molecule has 1 amide bonds. The summed E-state index contributed by atoms with van der Waals surface area (Å²) in [5, 5.41) is 2.96. The molecule has 0 saturated heterocycles. The van der Waals surface area contributed by atoms with E-state index in [0.29, 0.717) is 18.0 Å². The standard InChI is InChI=1S/C18H23N3O2/c1-23-17-15(8-7-11-19-17)20-16(22)14-18(9-3-2-4-10-18)21-12-5-6-13-21/h5-8,11-13H,2-4,9-10,14H2,1H3,(H,20,22). The molecule has 3 rings (SSSR count). The van der Waals surface area contributed by atoms with Gasteiger partial charge in [0.15, 0.2) is 0 Å². The Morgan fingerprint density at radius 1 is 1.26 bits per heavy atom. The molecule has 2 heterocycles. The molecule has 23 heavy (non-hydrogen) atoms. The average Bonchev–Trinajstić information content (AvgIpc) is 3.11. The van der Waals surface area contributed by atoms with Gasteiger partial charge in [0.25, 0.3) is 0 Å². The molecule has 1 aliphatic rings. The molecule has 0 bridgehead atoms. The van der Waals surface area contributed by atoms with Gasteiger partial charge in [-0.25, -0.2) is 4.98 Å². The molecule has 1 saturated carbocycles. The second kappa shape index (κ2) is 6.86. The molecule has 2 aromatic rings. The van der Waals surface area contributed by atoms with E-state index in [1.54, 1.807) is 19.4 Å². The minimum absolute atomic E-state index is 0.00639. The van der Waals surface area contributed by atoms with Gasteiger partial charge in [-0.3, -0.25) is 4.79 Å². The van der Waals surface area contributed by atoms with Gasteiger partial charge in [-0.05, 0) is 37.1 Å². The second-order valence-electron chi connectivity index (χ2n) is 6.16. The fourth-order valence-corrected chi connectivity index (χ4v) is 3.53. The predicted molar refractivity (Wildman–Crippen MR) is 89.5 cm³/mol. The second-order valence-corrected chi connectivity index (χ2v) is 6.16. The Balaban J connectivity index is 1.76. The lowest BCUT2D eigenvalue weighted by atomic mass is 9.78. The van der Waals surface area contributed by atoms with Crippen LogP contribution in [0.3, 0.4) is 0 Å². The van der Waals surface area contributed by atoms with Crippen molar-refractivity contribution in [2.75, 3.05) is 12.4 Å². The number of anilines is 1. The molecule has 2 aromatic heterocycles. The lowest BCUT2D eigenvalue weighted by molar-refractivity contribution is -0.118. The van der Waals surface area contributed by atoms with E-state index in [0.717, 1.165) is 12.8 Å². The predicted octanol–water partition coefficient (Wildman–Crippen LogP) is 3.58. The van der Waals surface area contributed by atoms with Crippen molar-refractivity contribution in [3.63, 3.8) is 0 Å². The Hall–Kier alpha value is -2.30. The summed E-state index contributed by atoms with van der Waals surface area (Å²) in [6.07, 6.45) is 11.9. The molecule has 5 heteroatoms. The Morgan fingerprint density at radius 3 is 2.70 bits per heavy atom. The van der Waals surface area contributed by atoms with E-state index in [1.165, 1.54) is 19.3 Å². The number of pyridine rings is 1. The van der Waals surface area contributed by atoms with E-state index in [2.05, 4.69) is 27.3 Å². The van der Waals surface area contributed by atoms with Gasteiger partial charge in [0, 0.05) is 18.6 Å². The number of ether oxygens (including phenoxy) is 1. The quantitative estimate of drug-likeness (QED) is 0.918. The first kappa shape index (κ1) is 15.6. The number of methoxy groups -OCH3 is 1. The number of amides is 1. The van der Waals surface area contributed by atoms with Crippen LogP contribution in [0.4, 0.5) is 5.69 Å². The number of nitrogens with zero attached hydrogens (tertiary/aromatic N) is 2. The molecule has 122 valence electrons. The lowest BCUT2D eigenvalue weighted by Crippen LogP contribution is -2.38. The van der Waals surface area contributed by atoms with Crippen LogP contribution in [0.25, 0.3) is 0 Å². The number of hydrogen-bond donors (Lipinski definition) is 1. The normalized spacial score (nSPS) is 16.7. The van der Waals surface area contributed by atoms with Gasteiger partial charge in [-0.15, -0.1) is 0 Å². The summed E-state index contributed by atoms with van der Waals surface area (Å²) in [5.74, 6) is 0.450. The van der Waals surface area contributed by atoms with E-state index in [-0.39, 0.29) is 11.4 Å².